The van der Waals surface area contributed by atoms with E-state index in [9.17, 15) is 19.5 Å². The maximum absolute atomic E-state index is 16.5. The van der Waals surface area contributed by atoms with Gasteiger partial charge in [0.1, 0.15) is 35.7 Å². The van der Waals surface area contributed by atoms with Crippen LogP contribution in [0.5, 0.6) is 17.2 Å². The molecule has 12 heteroatoms. The molecule has 4 aromatic carbocycles. The van der Waals surface area contributed by atoms with Gasteiger partial charge in [0.25, 0.3) is 5.91 Å². The molecule has 2 aliphatic carbocycles. The van der Waals surface area contributed by atoms with Crippen molar-refractivity contribution in [1.82, 2.24) is 15.1 Å². The van der Waals surface area contributed by atoms with Gasteiger partial charge < -0.3 is 29.3 Å². The molecule has 11 rings (SSSR count). The van der Waals surface area contributed by atoms with Crippen LogP contribution in [0.2, 0.25) is 0 Å². The van der Waals surface area contributed by atoms with Gasteiger partial charge in [-0.05, 0) is 109 Å². The predicted octanol–water partition coefficient (Wildman–Crippen LogP) is 6.74. The Morgan fingerprint density at radius 3 is 2.50 bits per heavy atom. The van der Waals surface area contributed by atoms with Crippen LogP contribution in [-0.2, 0) is 22.6 Å². The fourth-order valence-corrected chi connectivity index (χ4v) is 12.5. The lowest BCUT2D eigenvalue weighted by Crippen LogP contribution is -2.59. The monoisotopic (exact) mass is 839 g/mol. The van der Waals surface area contributed by atoms with Gasteiger partial charge >= 0.3 is 0 Å². The Bertz CT molecular complexity index is 2450. The molecule has 11 nitrogen and oxygen atoms in total. The fourth-order valence-electron chi connectivity index (χ4n) is 12.5. The SMILES string of the molecule is COc1cc(N2CCC3(CC2)CC(CN2CCN4c5ccc6c(c5OC[C@H]4C2)CN([C@H]2CCC(=O)NC2=O)C6=O)C3)c(F)cc1[C@@H]1c2ccc(O)cc2CC[C@@H]1c1ccccc1. The van der Waals surface area contributed by atoms with Gasteiger partial charge in [-0.1, -0.05) is 36.4 Å². The molecule has 4 aromatic rings. The van der Waals surface area contributed by atoms with E-state index in [0.717, 1.165) is 98.6 Å². The van der Waals surface area contributed by atoms with Crippen LogP contribution in [0.4, 0.5) is 15.8 Å². The van der Waals surface area contributed by atoms with E-state index in [2.05, 4.69) is 44.3 Å². The number of phenols is 1. The molecule has 3 amide bonds. The standard InChI is InChI=1S/C50H54FN5O6/c1-61-44-23-43(40(51)22-38(44)46-35(31-5-3-2-4-6-31)9-7-32-21-34(57)8-10-36(32)46)54-17-15-50(16-18-54)24-30(25-50)26-53-19-20-55-33(27-53)29-62-47-39-28-56(42-13-14-45(58)52-48(42)59)49(60)37(39)11-12-41(47)55/h2-6,8,10-12,21-23,30,33,35,42,46,57H,7,9,13-20,24-29H2,1H3,(H,52,58,59)/t33-,35-,42+,46+/m1/s1. The van der Waals surface area contributed by atoms with E-state index in [-0.39, 0.29) is 47.7 Å². The lowest BCUT2D eigenvalue weighted by molar-refractivity contribution is -0.136. The zero-order valence-electron chi connectivity index (χ0n) is 35.3. The number of benzene rings is 4. The van der Waals surface area contributed by atoms with Crippen molar-refractivity contribution >= 4 is 29.1 Å². The molecule has 0 radical (unpaired) electrons. The number of fused-ring (bicyclic) bond motifs is 6. The fraction of sp³-hybridized carbons (Fsp3) is 0.460. The Morgan fingerprint density at radius 1 is 0.887 bits per heavy atom. The van der Waals surface area contributed by atoms with E-state index >= 15 is 4.39 Å². The second-order valence-electron chi connectivity index (χ2n) is 19.0. The summed E-state index contributed by atoms with van der Waals surface area (Å²) < 4.78 is 29.0. The van der Waals surface area contributed by atoms with Gasteiger partial charge in [-0.25, -0.2) is 4.39 Å². The van der Waals surface area contributed by atoms with Crippen LogP contribution in [0.1, 0.15) is 95.0 Å². The Hall–Kier alpha value is -5.62. The third-order valence-electron chi connectivity index (χ3n) is 15.5. The molecule has 322 valence electrons. The number of carbonyl (C=O) groups is 3. The number of ether oxygens (including phenoxy) is 2. The minimum Gasteiger partial charge on any atom is -0.508 e. The van der Waals surface area contributed by atoms with Crippen molar-refractivity contribution in [3.8, 4) is 17.2 Å². The van der Waals surface area contributed by atoms with Crippen LogP contribution in [0.3, 0.4) is 0 Å². The minimum absolute atomic E-state index is 0.103. The highest BCUT2D eigenvalue weighted by molar-refractivity contribution is 6.06. The van der Waals surface area contributed by atoms with Gasteiger partial charge in [0.15, 0.2) is 0 Å². The summed E-state index contributed by atoms with van der Waals surface area (Å²) in [7, 11) is 1.69. The molecule has 7 aliphatic rings. The summed E-state index contributed by atoms with van der Waals surface area (Å²) in [6, 6.07) is 23.2. The average molecular weight is 840 g/mol. The van der Waals surface area contributed by atoms with Crippen molar-refractivity contribution in [3.05, 3.63) is 112 Å². The highest BCUT2D eigenvalue weighted by Gasteiger charge is 2.48. The molecule has 5 heterocycles. The number of hydrogen-bond donors (Lipinski definition) is 2. The lowest BCUT2D eigenvalue weighted by Gasteiger charge is -2.54. The third-order valence-corrected chi connectivity index (χ3v) is 15.5. The summed E-state index contributed by atoms with van der Waals surface area (Å²) in [4.78, 5) is 46.6. The van der Waals surface area contributed by atoms with Crippen LogP contribution in [0, 0.1) is 17.2 Å². The van der Waals surface area contributed by atoms with E-state index in [1.165, 1.54) is 18.4 Å². The Kier molecular flexibility index (Phi) is 9.70. The zero-order chi connectivity index (χ0) is 42.3. The third kappa shape index (κ3) is 6.67. The van der Waals surface area contributed by atoms with Crippen molar-refractivity contribution in [2.45, 2.75) is 81.8 Å². The number of nitrogens with zero attached hydrogens (tertiary/aromatic N) is 4. The highest BCUT2D eigenvalue weighted by atomic mass is 19.1. The van der Waals surface area contributed by atoms with Crippen LogP contribution in [-0.4, -0.2) is 97.7 Å². The number of nitrogens with one attached hydrogen (secondary N) is 1. The zero-order valence-corrected chi connectivity index (χ0v) is 35.3. The molecule has 1 spiro atoms. The second kappa shape index (κ2) is 15.3. The predicted molar refractivity (Wildman–Crippen MR) is 233 cm³/mol. The van der Waals surface area contributed by atoms with Crippen LogP contribution >= 0.6 is 0 Å². The van der Waals surface area contributed by atoms with Gasteiger partial charge in [-0.15, -0.1) is 0 Å². The Labute approximate surface area is 361 Å². The smallest absolute Gasteiger partial charge is 0.255 e. The normalized spacial score (nSPS) is 25.6. The first-order valence-corrected chi connectivity index (χ1v) is 22.6. The number of amides is 3. The summed E-state index contributed by atoms with van der Waals surface area (Å²) in [6.07, 6.45) is 6.83. The second-order valence-corrected chi connectivity index (χ2v) is 19.0. The molecular weight excluding hydrogens is 786 g/mol. The minimum atomic E-state index is -0.649. The van der Waals surface area contributed by atoms with Crippen molar-refractivity contribution in [2.24, 2.45) is 11.3 Å². The molecule has 0 aromatic heterocycles. The van der Waals surface area contributed by atoms with Gasteiger partial charge in [0.2, 0.25) is 11.8 Å². The topological polar surface area (TPSA) is 115 Å². The molecule has 62 heavy (non-hydrogen) atoms. The number of phenolic OH excluding ortho intramolecular Hbond substituents is 1. The number of hydrogen-bond acceptors (Lipinski definition) is 9. The van der Waals surface area contributed by atoms with E-state index in [4.69, 9.17) is 9.47 Å². The number of piperazine rings is 1. The van der Waals surface area contributed by atoms with Gasteiger partial charge in [0, 0.05) is 74.4 Å². The summed E-state index contributed by atoms with van der Waals surface area (Å²) >= 11 is 0. The number of anilines is 2. The maximum Gasteiger partial charge on any atom is 0.255 e. The molecule has 2 N–H and O–H groups in total. The average Bonchev–Trinajstić information content (AvgIpc) is 3.61. The van der Waals surface area contributed by atoms with Crippen molar-refractivity contribution in [1.29, 1.82) is 0 Å². The number of carbonyl (C=O) groups excluding carboxylic acids is 3. The molecule has 0 bridgehead atoms. The van der Waals surface area contributed by atoms with Crippen LogP contribution in [0.15, 0.2) is 72.8 Å². The quantitative estimate of drug-likeness (QED) is 0.196. The van der Waals surface area contributed by atoms with Gasteiger partial charge in [0.05, 0.1) is 31.1 Å². The van der Waals surface area contributed by atoms with E-state index in [1.54, 1.807) is 24.1 Å². The summed E-state index contributed by atoms with van der Waals surface area (Å²) in [5, 5.41) is 12.7. The summed E-state index contributed by atoms with van der Waals surface area (Å²) in [5.74, 6) is 1.33. The summed E-state index contributed by atoms with van der Waals surface area (Å²) in [6.45, 7) is 6.34. The number of aromatic hydroxyl groups is 1. The Morgan fingerprint density at radius 2 is 1.71 bits per heavy atom. The molecule has 4 atom stereocenters. The molecule has 5 aliphatic heterocycles. The maximum atomic E-state index is 16.5. The number of methoxy groups -OCH3 is 1. The van der Waals surface area contributed by atoms with E-state index in [1.807, 2.05) is 36.4 Å². The Balaban J connectivity index is 0.716. The number of halogens is 1. The van der Waals surface area contributed by atoms with Crippen molar-refractivity contribution in [3.63, 3.8) is 0 Å². The number of rotatable bonds is 7. The number of aryl methyl sites for hydroxylation is 1. The number of imide groups is 1. The molecule has 4 fully saturated rings. The number of piperidine rings is 2. The van der Waals surface area contributed by atoms with Crippen molar-refractivity contribution in [2.75, 3.05) is 62.8 Å². The van der Waals surface area contributed by atoms with Crippen LogP contribution < -0.4 is 24.6 Å². The molecular formula is C50H54FN5O6. The van der Waals surface area contributed by atoms with E-state index in [0.29, 0.717) is 47.9 Å². The first kappa shape index (κ1) is 39.2. The highest BCUT2D eigenvalue weighted by Crippen LogP contribution is 2.55. The van der Waals surface area contributed by atoms with Gasteiger partial charge in [-0.3, -0.25) is 24.6 Å². The van der Waals surface area contributed by atoms with E-state index < -0.39 is 11.9 Å². The van der Waals surface area contributed by atoms with Crippen molar-refractivity contribution < 1.29 is 33.4 Å². The first-order chi connectivity index (χ1) is 30.1. The first-order valence-electron chi connectivity index (χ1n) is 22.6. The molecule has 3 saturated heterocycles. The van der Waals surface area contributed by atoms with Crippen LogP contribution in [0.25, 0.3) is 0 Å². The largest absolute Gasteiger partial charge is 0.508 e. The molecule has 1 saturated carbocycles. The molecule has 0 unspecified atom stereocenters. The summed E-state index contributed by atoms with van der Waals surface area (Å²) in [5.41, 5.74) is 7.69. The lowest BCUT2D eigenvalue weighted by atomic mass is 9.57. The van der Waals surface area contributed by atoms with Gasteiger partial charge in [-0.2, -0.15) is 0 Å².